The lowest BCUT2D eigenvalue weighted by Crippen LogP contribution is -2.41. The Labute approximate surface area is 151 Å². The number of halogens is 1. The number of nitrogens with one attached hydrogen (secondary N) is 2. The molecule has 1 aliphatic rings. The van der Waals surface area contributed by atoms with E-state index < -0.39 is 0 Å². The lowest BCUT2D eigenvalue weighted by molar-refractivity contribution is -0.127. The molecule has 7 heteroatoms. The van der Waals surface area contributed by atoms with E-state index in [0.717, 1.165) is 38.5 Å². The second-order valence-corrected chi connectivity index (χ2v) is 5.98. The second kappa shape index (κ2) is 11.0. The number of nitrogens with zero attached hydrogens (tertiary/aromatic N) is 2. The van der Waals surface area contributed by atoms with Crippen LogP contribution in [0.2, 0.25) is 0 Å². The van der Waals surface area contributed by atoms with Crippen LogP contribution < -0.4 is 10.6 Å². The van der Waals surface area contributed by atoms with Crippen LogP contribution in [0.25, 0.3) is 0 Å². The van der Waals surface area contributed by atoms with Gasteiger partial charge in [-0.3, -0.25) is 4.79 Å². The van der Waals surface area contributed by atoms with Crippen molar-refractivity contribution in [3.8, 4) is 0 Å². The van der Waals surface area contributed by atoms with E-state index in [1.165, 1.54) is 12.8 Å². The van der Waals surface area contributed by atoms with Gasteiger partial charge in [0.05, 0.1) is 0 Å². The summed E-state index contributed by atoms with van der Waals surface area (Å²) in [4.78, 5) is 17.5. The largest absolute Gasteiger partial charge is 0.385 e. The van der Waals surface area contributed by atoms with E-state index in [1.54, 1.807) is 26.1 Å². The summed E-state index contributed by atoms with van der Waals surface area (Å²) in [7, 11) is 5.23. The molecule has 0 aliphatic heterocycles. The number of methoxy groups -OCH3 is 1. The number of amides is 1. The van der Waals surface area contributed by atoms with Gasteiger partial charge in [-0.05, 0) is 31.1 Å². The molecule has 130 valence electrons. The minimum Gasteiger partial charge on any atom is -0.385 e. The predicted molar refractivity (Wildman–Crippen MR) is 101 cm³/mol. The summed E-state index contributed by atoms with van der Waals surface area (Å²) in [6.07, 6.45) is 4.58. The van der Waals surface area contributed by atoms with Crippen molar-refractivity contribution in [3.05, 3.63) is 0 Å². The highest BCUT2D eigenvalue weighted by Crippen LogP contribution is 2.48. The zero-order chi connectivity index (χ0) is 15.7. The number of aliphatic imine (C=N–C) groups is 1. The van der Waals surface area contributed by atoms with Crippen molar-refractivity contribution in [1.82, 2.24) is 15.5 Å². The average Bonchev–Trinajstić information content (AvgIpc) is 3.24. The molecule has 0 spiro atoms. The molecule has 0 aromatic heterocycles. The maximum Gasteiger partial charge on any atom is 0.243 e. The van der Waals surface area contributed by atoms with E-state index in [-0.39, 0.29) is 36.4 Å². The standard InChI is InChI=1S/C15H30N4O2.HI/c1-5-9-16-14(17-11-13(20)19(2)3)18-12-15(6-7-15)8-10-21-4;/h5-12H2,1-4H3,(H2,16,17,18);1H. The Morgan fingerprint density at radius 2 is 2.00 bits per heavy atom. The monoisotopic (exact) mass is 426 g/mol. The molecule has 1 rings (SSSR count). The molecular weight excluding hydrogens is 395 g/mol. The van der Waals surface area contributed by atoms with Crippen molar-refractivity contribution in [1.29, 1.82) is 0 Å². The molecule has 1 saturated carbocycles. The van der Waals surface area contributed by atoms with Crippen molar-refractivity contribution in [3.63, 3.8) is 0 Å². The summed E-state index contributed by atoms with van der Waals surface area (Å²) in [5, 5.41) is 6.63. The molecule has 0 saturated heterocycles. The van der Waals surface area contributed by atoms with Crippen molar-refractivity contribution in [2.75, 3.05) is 47.4 Å². The topological polar surface area (TPSA) is 66.0 Å². The third kappa shape index (κ3) is 8.17. The Balaban J connectivity index is 0.00000441. The number of likely N-dealkylation sites (N-methyl/N-ethyl adjacent to an activating group) is 1. The fraction of sp³-hybridized carbons (Fsp3) is 0.867. The summed E-state index contributed by atoms with van der Waals surface area (Å²) >= 11 is 0. The molecule has 22 heavy (non-hydrogen) atoms. The molecule has 1 aliphatic carbocycles. The van der Waals surface area contributed by atoms with Crippen molar-refractivity contribution >= 4 is 35.8 Å². The van der Waals surface area contributed by atoms with Crippen LogP contribution in [0.3, 0.4) is 0 Å². The number of guanidine groups is 1. The number of carbonyl (C=O) groups excluding carboxylic acids is 1. The highest BCUT2D eigenvalue weighted by molar-refractivity contribution is 14.0. The van der Waals surface area contributed by atoms with Gasteiger partial charge in [-0.25, -0.2) is 4.99 Å². The van der Waals surface area contributed by atoms with Gasteiger partial charge in [-0.2, -0.15) is 0 Å². The van der Waals surface area contributed by atoms with Crippen LogP contribution in [-0.4, -0.2) is 64.2 Å². The van der Waals surface area contributed by atoms with Gasteiger partial charge in [0.2, 0.25) is 5.91 Å². The molecule has 0 atom stereocenters. The smallest absolute Gasteiger partial charge is 0.243 e. The normalized spacial score (nSPS) is 15.7. The van der Waals surface area contributed by atoms with Gasteiger partial charge in [0.1, 0.15) is 6.54 Å². The minimum absolute atomic E-state index is 0. The third-order valence-corrected chi connectivity index (χ3v) is 3.84. The quantitative estimate of drug-likeness (QED) is 0.333. The molecule has 0 radical (unpaired) electrons. The molecule has 0 unspecified atom stereocenters. The number of ether oxygens (including phenoxy) is 1. The number of hydrogen-bond acceptors (Lipinski definition) is 3. The molecule has 0 bridgehead atoms. The summed E-state index contributed by atoms with van der Waals surface area (Å²) in [6, 6.07) is 0. The lowest BCUT2D eigenvalue weighted by atomic mass is 10.0. The van der Waals surface area contributed by atoms with Gasteiger partial charge in [0, 0.05) is 40.9 Å². The second-order valence-electron chi connectivity index (χ2n) is 5.98. The van der Waals surface area contributed by atoms with Crippen LogP contribution >= 0.6 is 24.0 Å². The zero-order valence-electron chi connectivity index (χ0n) is 14.3. The fourth-order valence-corrected chi connectivity index (χ4v) is 1.99. The highest BCUT2D eigenvalue weighted by atomic mass is 127. The zero-order valence-corrected chi connectivity index (χ0v) is 16.6. The average molecular weight is 426 g/mol. The molecular formula is C15H31IN4O2. The Bertz CT molecular complexity index is 357. The Morgan fingerprint density at radius 3 is 2.50 bits per heavy atom. The van der Waals surface area contributed by atoms with Gasteiger partial charge in [0.15, 0.2) is 5.96 Å². The molecule has 0 heterocycles. The minimum atomic E-state index is 0. The van der Waals surface area contributed by atoms with E-state index >= 15 is 0 Å². The van der Waals surface area contributed by atoms with E-state index in [0.29, 0.717) is 5.41 Å². The third-order valence-electron chi connectivity index (χ3n) is 3.84. The number of hydrogen-bond donors (Lipinski definition) is 2. The van der Waals surface area contributed by atoms with Crippen LogP contribution in [0.15, 0.2) is 4.99 Å². The fourth-order valence-electron chi connectivity index (χ4n) is 1.99. The van der Waals surface area contributed by atoms with E-state index in [4.69, 9.17) is 4.74 Å². The number of rotatable bonds is 9. The van der Waals surface area contributed by atoms with Crippen LogP contribution in [0.1, 0.15) is 32.6 Å². The van der Waals surface area contributed by atoms with Crippen LogP contribution in [-0.2, 0) is 9.53 Å². The first-order valence-corrected chi connectivity index (χ1v) is 7.74. The lowest BCUT2D eigenvalue weighted by Gasteiger charge is -2.18. The molecule has 0 aromatic rings. The Kier molecular flexibility index (Phi) is 10.8. The molecule has 2 N–H and O–H groups in total. The van der Waals surface area contributed by atoms with Gasteiger partial charge >= 0.3 is 0 Å². The van der Waals surface area contributed by atoms with E-state index in [1.807, 2.05) is 0 Å². The van der Waals surface area contributed by atoms with Crippen LogP contribution in [0.4, 0.5) is 0 Å². The van der Waals surface area contributed by atoms with Crippen molar-refractivity contribution in [2.24, 2.45) is 10.4 Å². The summed E-state index contributed by atoms with van der Waals surface area (Å²) in [5.41, 5.74) is 0.357. The Hall–Kier alpha value is -0.570. The molecule has 1 fully saturated rings. The Morgan fingerprint density at radius 1 is 1.32 bits per heavy atom. The van der Waals surface area contributed by atoms with Gasteiger partial charge in [-0.1, -0.05) is 6.92 Å². The van der Waals surface area contributed by atoms with Crippen molar-refractivity contribution in [2.45, 2.75) is 32.6 Å². The molecule has 0 aromatic carbocycles. The predicted octanol–water partition coefficient (Wildman–Crippen LogP) is 1.45. The first kappa shape index (κ1) is 21.4. The van der Waals surface area contributed by atoms with Crippen LogP contribution in [0, 0.1) is 5.41 Å². The van der Waals surface area contributed by atoms with Gasteiger partial charge in [0.25, 0.3) is 0 Å². The highest BCUT2D eigenvalue weighted by Gasteiger charge is 2.41. The van der Waals surface area contributed by atoms with Crippen molar-refractivity contribution < 1.29 is 9.53 Å². The van der Waals surface area contributed by atoms with Gasteiger partial charge in [-0.15, -0.1) is 24.0 Å². The summed E-state index contributed by atoms with van der Waals surface area (Å²) in [6.45, 7) is 4.83. The molecule has 6 nitrogen and oxygen atoms in total. The maximum atomic E-state index is 11.6. The van der Waals surface area contributed by atoms with Gasteiger partial charge < -0.3 is 20.3 Å². The molecule has 1 amide bonds. The maximum absolute atomic E-state index is 11.6. The SMILES string of the molecule is CCCNC(=NCC(=O)N(C)C)NCC1(CCOC)CC1.I. The van der Waals surface area contributed by atoms with E-state index in [9.17, 15) is 4.79 Å². The summed E-state index contributed by atoms with van der Waals surface area (Å²) in [5.74, 6) is 0.740. The first-order chi connectivity index (χ1) is 10.0. The first-order valence-electron chi connectivity index (χ1n) is 7.74. The summed E-state index contributed by atoms with van der Waals surface area (Å²) < 4.78 is 5.17. The van der Waals surface area contributed by atoms with Crippen LogP contribution in [0.5, 0.6) is 0 Å². The van der Waals surface area contributed by atoms with E-state index in [2.05, 4.69) is 22.5 Å². The number of carbonyl (C=O) groups is 1.